The molecule has 0 aliphatic rings. The molecular weight excluding hydrogens is 631 g/mol. The van der Waals surface area contributed by atoms with Gasteiger partial charge in [-0.05, 0) is 80.2 Å². The van der Waals surface area contributed by atoms with Gasteiger partial charge in [0.1, 0.15) is 11.2 Å². The van der Waals surface area contributed by atoms with Crippen LogP contribution in [0.2, 0.25) is 0 Å². The molecule has 0 bridgehead atoms. The van der Waals surface area contributed by atoms with Crippen molar-refractivity contribution < 1.29 is 4.42 Å². The first kappa shape index (κ1) is 30.0. The van der Waals surface area contributed by atoms with Gasteiger partial charge in [0.15, 0.2) is 0 Å². The van der Waals surface area contributed by atoms with E-state index >= 15 is 0 Å². The van der Waals surface area contributed by atoms with Crippen molar-refractivity contribution >= 4 is 60.5 Å². The number of anilines is 3. The number of benzene rings is 9. The summed E-state index contributed by atoms with van der Waals surface area (Å²) in [5.74, 6) is 0. The summed E-state index contributed by atoms with van der Waals surface area (Å²) < 4.78 is 6.81. The fourth-order valence-electron chi connectivity index (χ4n) is 7.74. The minimum atomic E-state index is 0.898. The number of rotatable bonds is 6. The van der Waals surface area contributed by atoms with Gasteiger partial charge >= 0.3 is 0 Å². The summed E-state index contributed by atoms with van der Waals surface area (Å²) in [4.78, 5) is 2.36. The molecule has 52 heavy (non-hydrogen) atoms. The molecule has 0 fully saturated rings. The number of para-hydroxylation sites is 2. The van der Waals surface area contributed by atoms with Gasteiger partial charge in [0.25, 0.3) is 0 Å². The van der Waals surface area contributed by atoms with Crippen LogP contribution in [-0.4, -0.2) is 0 Å². The van der Waals surface area contributed by atoms with E-state index < -0.39 is 0 Å². The summed E-state index contributed by atoms with van der Waals surface area (Å²) in [5, 5.41) is 7.17. The van der Waals surface area contributed by atoms with Gasteiger partial charge in [-0.2, -0.15) is 0 Å². The van der Waals surface area contributed by atoms with Crippen LogP contribution < -0.4 is 4.90 Å². The Morgan fingerprint density at radius 1 is 0.288 bits per heavy atom. The highest BCUT2D eigenvalue weighted by atomic mass is 16.3. The van der Waals surface area contributed by atoms with Crippen LogP contribution in [0.1, 0.15) is 0 Å². The lowest BCUT2D eigenvalue weighted by Gasteiger charge is -2.26. The molecule has 0 radical (unpaired) electrons. The standard InChI is InChI=1S/C50H33NO/c1-2-13-36(14-3-1)45-22-10-24-47-48-25-11-23-46(50(48)52-49(45)47)39-18-8-19-41(33-39)51(42-31-26-34-12-4-5-16-38(34)32-42)40-29-27-37(28-30-40)44-21-9-17-35-15-6-7-20-43(35)44/h1-33H. The summed E-state index contributed by atoms with van der Waals surface area (Å²) in [5.41, 5.74) is 11.9. The second-order valence-corrected chi connectivity index (χ2v) is 13.3. The van der Waals surface area contributed by atoms with Crippen LogP contribution in [0.5, 0.6) is 0 Å². The van der Waals surface area contributed by atoms with Crippen LogP contribution in [0.4, 0.5) is 17.1 Å². The summed E-state index contributed by atoms with van der Waals surface area (Å²) in [6.45, 7) is 0. The lowest BCUT2D eigenvalue weighted by molar-refractivity contribution is 0.671. The van der Waals surface area contributed by atoms with Gasteiger partial charge in [0.2, 0.25) is 0 Å². The summed E-state index contributed by atoms with van der Waals surface area (Å²) in [7, 11) is 0. The third-order valence-corrected chi connectivity index (χ3v) is 10.2. The lowest BCUT2D eigenvalue weighted by Crippen LogP contribution is -2.10. The Bertz CT molecular complexity index is 2900. The highest BCUT2D eigenvalue weighted by Crippen LogP contribution is 2.43. The maximum absolute atomic E-state index is 6.81. The molecule has 1 heterocycles. The fourth-order valence-corrected chi connectivity index (χ4v) is 7.74. The van der Waals surface area contributed by atoms with Crippen LogP contribution >= 0.6 is 0 Å². The predicted molar refractivity (Wildman–Crippen MR) is 220 cm³/mol. The number of hydrogen-bond acceptors (Lipinski definition) is 2. The third kappa shape index (κ3) is 5.12. The molecule has 10 rings (SSSR count). The predicted octanol–water partition coefficient (Wildman–Crippen LogP) is 14.4. The Morgan fingerprint density at radius 3 is 1.60 bits per heavy atom. The Hall–Kier alpha value is -6.90. The van der Waals surface area contributed by atoms with Gasteiger partial charge in [-0.25, -0.2) is 0 Å². The van der Waals surface area contributed by atoms with Gasteiger partial charge < -0.3 is 9.32 Å². The monoisotopic (exact) mass is 663 g/mol. The van der Waals surface area contributed by atoms with Gasteiger partial charge in [0, 0.05) is 39.0 Å². The fraction of sp³-hybridized carbons (Fsp3) is 0. The second kappa shape index (κ2) is 12.5. The van der Waals surface area contributed by atoms with E-state index in [1.165, 1.54) is 32.7 Å². The molecule has 0 atom stereocenters. The summed E-state index contributed by atoms with van der Waals surface area (Å²) in [6.07, 6.45) is 0. The van der Waals surface area contributed by atoms with Crippen LogP contribution in [-0.2, 0) is 0 Å². The van der Waals surface area contributed by atoms with Gasteiger partial charge in [-0.3, -0.25) is 0 Å². The first-order valence-corrected chi connectivity index (χ1v) is 17.8. The van der Waals surface area contributed by atoms with Crippen LogP contribution in [0.15, 0.2) is 205 Å². The molecule has 0 amide bonds. The molecule has 0 N–H and O–H groups in total. The number of nitrogens with zero attached hydrogens (tertiary/aromatic N) is 1. The zero-order chi connectivity index (χ0) is 34.4. The summed E-state index contributed by atoms with van der Waals surface area (Å²) >= 11 is 0. The lowest BCUT2D eigenvalue weighted by atomic mass is 9.98. The van der Waals surface area contributed by atoms with Crippen LogP contribution in [0.3, 0.4) is 0 Å². The third-order valence-electron chi connectivity index (χ3n) is 10.2. The molecule has 0 unspecified atom stereocenters. The Kier molecular flexibility index (Phi) is 7.18. The quantitative estimate of drug-likeness (QED) is 0.176. The Morgan fingerprint density at radius 2 is 0.808 bits per heavy atom. The topological polar surface area (TPSA) is 16.4 Å². The summed E-state index contributed by atoms with van der Waals surface area (Å²) in [6, 6.07) is 71.6. The number of hydrogen-bond donors (Lipinski definition) is 0. The van der Waals surface area contributed by atoms with E-state index in [1.54, 1.807) is 0 Å². The highest BCUT2D eigenvalue weighted by Gasteiger charge is 2.18. The minimum absolute atomic E-state index is 0.898. The van der Waals surface area contributed by atoms with Crippen molar-refractivity contribution in [2.24, 2.45) is 0 Å². The molecule has 10 aromatic rings. The number of fused-ring (bicyclic) bond motifs is 5. The zero-order valence-corrected chi connectivity index (χ0v) is 28.4. The molecule has 0 saturated heterocycles. The van der Waals surface area contributed by atoms with E-state index in [2.05, 4.69) is 199 Å². The molecule has 0 saturated carbocycles. The molecule has 9 aromatic carbocycles. The average molecular weight is 664 g/mol. The largest absolute Gasteiger partial charge is 0.455 e. The molecule has 0 aliphatic heterocycles. The van der Waals surface area contributed by atoms with Crippen molar-refractivity contribution in [1.82, 2.24) is 0 Å². The maximum atomic E-state index is 6.81. The SMILES string of the molecule is c1ccc(-c2cccc3c2oc2c(-c4cccc(N(c5ccc(-c6cccc7ccccc67)cc5)c5ccc6ccccc6c5)c4)cccc23)cc1. The molecule has 244 valence electrons. The highest BCUT2D eigenvalue weighted by molar-refractivity contribution is 6.13. The van der Waals surface area contributed by atoms with Crippen molar-refractivity contribution in [2.75, 3.05) is 4.90 Å². The van der Waals surface area contributed by atoms with Crippen molar-refractivity contribution in [2.45, 2.75) is 0 Å². The van der Waals surface area contributed by atoms with Crippen molar-refractivity contribution in [3.05, 3.63) is 200 Å². The van der Waals surface area contributed by atoms with Crippen molar-refractivity contribution in [3.63, 3.8) is 0 Å². The molecule has 2 nitrogen and oxygen atoms in total. The van der Waals surface area contributed by atoms with Gasteiger partial charge in [-0.1, -0.05) is 164 Å². The number of furan rings is 1. The van der Waals surface area contributed by atoms with Crippen molar-refractivity contribution in [3.8, 4) is 33.4 Å². The van der Waals surface area contributed by atoms with E-state index in [0.717, 1.165) is 61.3 Å². The normalized spacial score (nSPS) is 11.5. The van der Waals surface area contributed by atoms with Crippen molar-refractivity contribution in [1.29, 1.82) is 0 Å². The zero-order valence-electron chi connectivity index (χ0n) is 28.4. The Balaban J connectivity index is 1.12. The van der Waals surface area contributed by atoms with Gasteiger partial charge in [0.05, 0.1) is 0 Å². The second-order valence-electron chi connectivity index (χ2n) is 13.3. The van der Waals surface area contributed by atoms with Crippen LogP contribution in [0, 0.1) is 0 Å². The van der Waals surface area contributed by atoms with Crippen LogP contribution in [0.25, 0.3) is 76.9 Å². The Labute approximate surface area is 302 Å². The maximum Gasteiger partial charge on any atom is 0.143 e. The average Bonchev–Trinajstić information content (AvgIpc) is 3.61. The first-order valence-electron chi connectivity index (χ1n) is 17.8. The minimum Gasteiger partial charge on any atom is -0.455 e. The van der Waals surface area contributed by atoms with E-state index in [1.807, 2.05) is 6.07 Å². The van der Waals surface area contributed by atoms with E-state index in [0.29, 0.717) is 0 Å². The molecule has 1 aromatic heterocycles. The van der Waals surface area contributed by atoms with Gasteiger partial charge in [-0.15, -0.1) is 0 Å². The first-order chi connectivity index (χ1) is 25.8. The molecule has 2 heteroatoms. The molecule has 0 spiro atoms. The van der Waals surface area contributed by atoms with E-state index in [9.17, 15) is 0 Å². The smallest absolute Gasteiger partial charge is 0.143 e. The molecular formula is C50H33NO. The molecule has 0 aliphatic carbocycles. The van der Waals surface area contributed by atoms with E-state index in [-0.39, 0.29) is 0 Å². The van der Waals surface area contributed by atoms with E-state index in [4.69, 9.17) is 4.42 Å².